The Kier molecular flexibility index (Phi) is 11.5. The Balaban J connectivity index is 0.750. The predicted molar refractivity (Wildman–Crippen MR) is 374 cm³/mol. The molecule has 2 aliphatic rings. The molecule has 0 saturated heterocycles. The van der Waals surface area contributed by atoms with Crippen LogP contribution in [0, 0.1) is 0 Å². The summed E-state index contributed by atoms with van der Waals surface area (Å²) in [6.45, 7) is 0. The van der Waals surface area contributed by atoms with Gasteiger partial charge in [0.2, 0.25) is 0 Å². The van der Waals surface area contributed by atoms with Crippen LogP contribution >= 0.6 is 22.7 Å². The van der Waals surface area contributed by atoms with Crippen LogP contribution in [0.15, 0.2) is 328 Å². The summed E-state index contributed by atoms with van der Waals surface area (Å²) in [5, 5.41) is 7.58. The number of benzene rings is 14. The molecule has 18 rings (SSSR count). The second kappa shape index (κ2) is 20.0. The summed E-state index contributed by atoms with van der Waals surface area (Å²) in [4.78, 5) is 4.89. The van der Waals surface area contributed by atoms with Crippen LogP contribution in [0.4, 0.5) is 34.1 Å². The number of fused-ring (bicyclic) bond motifs is 13. The number of hydrogen-bond acceptors (Lipinski definition) is 4. The first kappa shape index (κ1) is 50.7. The van der Waals surface area contributed by atoms with Crippen molar-refractivity contribution in [1.29, 1.82) is 0 Å². The van der Waals surface area contributed by atoms with Crippen molar-refractivity contribution in [1.82, 2.24) is 0 Å². The first-order chi connectivity index (χ1) is 43.6. The maximum Gasteiger partial charge on any atom is 0.0714 e. The van der Waals surface area contributed by atoms with Crippen molar-refractivity contribution in [3.63, 3.8) is 0 Å². The highest BCUT2D eigenvalue weighted by Gasteiger charge is 2.47. The van der Waals surface area contributed by atoms with E-state index in [-0.39, 0.29) is 0 Å². The van der Waals surface area contributed by atoms with E-state index < -0.39 is 10.8 Å². The lowest BCUT2D eigenvalue weighted by Crippen LogP contribution is -2.28. The fourth-order valence-electron chi connectivity index (χ4n) is 15.3. The molecule has 0 unspecified atom stereocenters. The van der Waals surface area contributed by atoms with Gasteiger partial charge in [0, 0.05) is 74.5 Å². The summed E-state index contributed by atoms with van der Waals surface area (Å²) in [6, 6.07) is 122. The van der Waals surface area contributed by atoms with E-state index in [4.69, 9.17) is 0 Å². The van der Waals surface area contributed by atoms with E-state index in [1.807, 2.05) is 22.7 Å². The first-order valence-electron chi connectivity index (χ1n) is 30.3. The van der Waals surface area contributed by atoms with Gasteiger partial charge in [-0.3, -0.25) is 0 Å². The molecule has 0 radical (unpaired) electrons. The number of anilines is 6. The second-order valence-corrected chi connectivity index (χ2v) is 25.6. The Hall–Kier alpha value is -10.6. The molecule has 0 saturated carbocycles. The minimum atomic E-state index is -0.511. The van der Waals surface area contributed by atoms with E-state index in [1.54, 1.807) is 0 Å². The molecule has 2 nitrogen and oxygen atoms in total. The van der Waals surface area contributed by atoms with Gasteiger partial charge >= 0.3 is 0 Å². The molecule has 2 aromatic heterocycles. The molecule has 0 amide bonds. The summed E-state index contributed by atoms with van der Waals surface area (Å²) >= 11 is 3.77. The predicted octanol–water partition coefficient (Wildman–Crippen LogP) is 23.2. The Morgan fingerprint density at radius 3 is 0.875 bits per heavy atom. The quantitative estimate of drug-likeness (QED) is 0.135. The molecule has 4 heteroatoms. The fourth-order valence-corrected chi connectivity index (χ4v) is 17.5. The highest BCUT2D eigenvalue weighted by molar-refractivity contribution is 7.26. The van der Waals surface area contributed by atoms with Gasteiger partial charge in [-0.15, -0.1) is 22.7 Å². The molecule has 0 N–H and O–H groups in total. The molecule has 0 spiro atoms. The summed E-state index contributed by atoms with van der Waals surface area (Å²) < 4.78 is 5.12. The van der Waals surface area contributed by atoms with Crippen molar-refractivity contribution < 1.29 is 0 Å². The molecule has 0 fully saturated rings. The lowest BCUT2D eigenvalue weighted by molar-refractivity contribution is 0.768. The SMILES string of the molecule is c1ccc(N(c2cccc(C3(c4ccccc4)c4ccccc4-c4ccccc43)c2)c2ccc3sc4cc5cc6c(cc5cc4c3c2)sc2ccc(N(c3ccccc3)c3cccc(C4(c5ccccc5)c5ccccc5-c5ccccc54)c3)cc26)cc1. The third-order valence-corrected chi connectivity index (χ3v) is 21.2. The topological polar surface area (TPSA) is 6.48 Å². The minimum Gasteiger partial charge on any atom is -0.310 e. The van der Waals surface area contributed by atoms with E-state index >= 15 is 0 Å². The Morgan fingerprint density at radius 2 is 0.500 bits per heavy atom. The zero-order valence-corrected chi connectivity index (χ0v) is 49.5. The van der Waals surface area contributed by atoms with Gasteiger partial charge in [0.05, 0.1) is 10.8 Å². The highest BCUT2D eigenvalue weighted by Crippen LogP contribution is 2.59. The minimum absolute atomic E-state index is 0.511. The van der Waals surface area contributed by atoms with E-state index in [0.29, 0.717) is 0 Å². The zero-order chi connectivity index (χ0) is 57.9. The standard InChI is InChI=1S/C84H54N2S2/c1-5-23-57(24-6-1)83(75-39-17-13-35-67(75)68-36-14-18-40-76(68)83)59-27-21-33-63(51-59)85(61-29-9-3-10-30-61)65-43-45-79-73(53-65)71-47-55-50-82-72(48-56(55)49-81(71)87-79)74-54-66(44-46-80(74)88-82)86(62-31-11-4-12-32-62)64-34-22-28-60(52-64)84(58-25-7-2-8-26-58)77-41-19-15-37-69(77)70-38-16-20-42-78(70)84/h1-54H. The number of rotatable bonds is 10. The number of para-hydroxylation sites is 2. The van der Waals surface area contributed by atoms with Gasteiger partial charge in [0.1, 0.15) is 0 Å². The maximum absolute atomic E-state index is 2.45. The molecular formula is C84H54N2S2. The summed E-state index contributed by atoms with van der Waals surface area (Å²) in [6.07, 6.45) is 0. The van der Waals surface area contributed by atoms with Gasteiger partial charge in [-0.2, -0.15) is 0 Å². The molecule has 16 aromatic rings. The van der Waals surface area contributed by atoms with Crippen LogP contribution in [-0.4, -0.2) is 0 Å². The van der Waals surface area contributed by atoms with Crippen LogP contribution in [0.25, 0.3) is 73.4 Å². The van der Waals surface area contributed by atoms with Crippen LogP contribution < -0.4 is 9.80 Å². The van der Waals surface area contributed by atoms with Crippen LogP contribution in [0.3, 0.4) is 0 Å². The van der Waals surface area contributed by atoms with Gasteiger partial charge in [-0.1, -0.05) is 218 Å². The monoisotopic (exact) mass is 1150 g/mol. The molecule has 0 atom stereocenters. The van der Waals surface area contributed by atoms with Crippen molar-refractivity contribution in [2.45, 2.75) is 10.8 Å². The molecule has 14 aromatic carbocycles. The van der Waals surface area contributed by atoms with Crippen molar-refractivity contribution in [3.05, 3.63) is 372 Å². The highest BCUT2D eigenvalue weighted by atomic mass is 32.1. The van der Waals surface area contributed by atoms with Crippen LogP contribution in [0.5, 0.6) is 0 Å². The van der Waals surface area contributed by atoms with Crippen molar-refractivity contribution >= 4 is 108 Å². The van der Waals surface area contributed by atoms with Gasteiger partial charge < -0.3 is 9.80 Å². The summed E-state index contributed by atoms with van der Waals surface area (Å²) in [5.41, 5.74) is 21.0. The lowest BCUT2D eigenvalue weighted by atomic mass is 9.67. The summed E-state index contributed by atoms with van der Waals surface area (Å²) in [5.74, 6) is 0. The van der Waals surface area contributed by atoms with Crippen LogP contribution in [0.2, 0.25) is 0 Å². The zero-order valence-electron chi connectivity index (χ0n) is 47.9. The average Bonchev–Trinajstić information content (AvgIpc) is 1.55. The summed E-state index contributed by atoms with van der Waals surface area (Å²) in [7, 11) is 0. The van der Waals surface area contributed by atoms with E-state index in [1.165, 1.54) is 118 Å². The van der Waals surface area contributed by atoms with Gasteiger partial charge in [-0.25, -0.2) is 0 Å². The number of hydrogen-bond donors (Lipinski definition) is 0. The Bertz CT molecular complexity index is 4980. The average molecular weight is 1160 g/mol. The third-order valence-electron chi connectivity index (χ3n) is 18.9. The fraction of sp³-hybridized carbons (Fsp3) is 0.0238. The Morgan fingerprint density at radius 1 is 0.205 bits per heavy atom. The molecule has 412 valence electrons. The van der Waals surface area contributed by atoms with E-state index in [0.717, 1.165) is 34.1 Å². The normalized spacial score (nSPS) is 13.4. The van der Waals surface area contributed by atoms with E-state index in [2.05, 4.69) is 337 Å². The second-order valence-electron chi connectivity index (χ2n) is 23.5. The number of nitrogens with zero attached hydrogens (tertiary/aromatic N) is 2. The maximum atomic E-state index is 2.45. The van der Waals surface area contributed by atoms with Crippen LogP contribution in [0.1, 0.15) is 44.5 Å². The molecule has 2 heterocycles. The van der Waals surface area contributed by atoms with Crippen molar-refractivity contribution in [3.8, 4) is 22.3 Å². The largest absolute Gasteiger partial charge is 0.310 e. The van der Waals surface area contributed by atoms with Gasteiger partial charge in [0.15, 0.2) is 0 Å². The van der Waals surface area contributed by atoms with Crippen LogP contribution in [-0.2, 0) is 10.8 Å². The molecular weight excluding hydrogens is 1100 g/mol. The third kappa shape index (κ3) is 7.53. The Labute approximate surface area is 519 Å². The molecule has 0 aliphatic heterocycles. The molecule has 2 aliphatic carbocycles. The van der Waals surface area contributed by atoms with Crippen molar-refractivity contribution in [2.24, 2.45) is 0 Å². The first-order valence-corrected chi connectivity index (χ1v) is 31.9. The van der Waals surface area contributed by atoms with Gasteiger partial charge in [-0.05, 0) is 187 Å². The van der Waals surface area contributed by atoms with E-state index in [9.17, 15) is 0 Å². The molecule has 0 bridgehead atoms. The molecule has 88 heavy (non-hydrogen) atoms. The lowest BCUT2D eigenvalue weighted by Gasteiger charge is -2.35. The number of thiophene rings is 2. The van der Waals surface area contributed by atoms with Gasteiger partial charge in [0.25, 0.3) is 0 Å². The van der Waals surface area contributed by atoms with Crippen molar-refractivity contribution in [2.75, 3.05) is 9.80 Å². The smallest absolute Gasteiger partial charge is 0.0714 e.